The monoisotopic (exact) mass is 409 g/mol. The predicted molar refractivity (Wildman–Crippen MR) is 115 cm³/mol. The van der Waals surface area contributed by atoms with Crippen molar-refractivity contribution in [3.05, 3.63) is 58.4 Å². The Morgan fingerprint density at radius 3 is 2.61 bits per heavy atom. The number of nitrogens with one attached hydrogen (secondary N) is 1. The standard InChI is InChI=1S/C21H19N3O2S2/c1-13-20(14-7-9-15(26-2)10-8-14)24-21(27-13)23-18(25)11-12-19-22-16-5-3-4-6-17(16)28-19/h3-10H,11-12H2,1-2H3,(H,23,24,25). The Kier molecular flexibility index (Phi) is 5.36. The van der Waals surface area contributed by atoms with Crippen molar-refractivity contribution < 1.29 is 9.53 Å². The number of benzene rings is 2. The first kappa shape index (κ1) is 18.6. The molecular weight excluding hydrogens is 390 g/mol. The number of amides is 1. The summed E-state index contributed by atoms with van der Waals surface area (Å²) in [6.07, 6.45) is 1.01. The van der Waals surface area contributed by atoms with Gasteiger partial charge in [-0.2, -0.15) is 0 Å². The molecular formula is C21H19N3O2S2. The molecule has 0 aliphatic carbocycles. The van der Waals surface area contributed by atoms with Gasteiger partial charge in [-0.05, 0) is 43.3 Å². The Hall–Kier alpha value is -2.77. The molecule has 0 unspecified atom stereocenters. The van der Waals surface area contributed by atoms with Crippen molar-refractivity contribution in [2.45, 2.75) is 19.8 Å². The summed E-state index contributed by atoms with van der Waals surface area (Å²) >= 11 is 3.12. The molecule has 7 heteroatoms. The molecule has 142 valence electrons. The molecule has 2 heterocycles. The van der Waals surface area contributed by atoms with Crippen molar-refractivity contribution in [2.75, 3.05) is 12.4 Å². The summed E-state index contributed by atoms with van der Waals surface area (Å²) in [6, 6.07) is 15.8. The molecule has 0 radical (unpaired) electrons. The molecule has 0 aliphatic rings. The predicted octanol–water partition coefficient (Wildman–Crippen LogP) is 5.31. The fourth-order valence-electron chi connectivity index (χ4n) is 2.90. The third-order valence-electron chi connectivity index (χ3n) is 4.31. The van der Waals surface area contributed by atoms with E-state index < -0.39 is 0 Å². The zero-order chi connectivity index (χ0) is 19.5. The number of carbonyl (C=O) groups is 1. The number of methoxy groups -OCH3 is 1. The van der Waals surface area contributed by atoms with E-state index in [1.165, 1.54) is 11.3 Å². The number of para-hydroxylation sites is 1. The second kappa shape index (κ2) is 8.08. The van der Waals surface area contributed by atoms with Gasteiger partial charge in [0.15, 0.2) is 5.13 Å². The average molecular weight is 410 g/mol. The lowest BCUT2D eigenvalue weighted by molar-refractivity contribution is -0.116. The van der Waals surface area contributed by atoms with Crippen LogP contribution in [-0.4, -0.2) is 23.0 Å². The highest BCUT2D eigenvalue weighted by Gasteiger charge is 2.13. The van der Waals surface area contributed by atoms with E-state index in [1.807, 2.05) is 49.4 Å². The molecule has 2 aromatic heterocycles. The largest absolute Gasteiger partial charge is 0.497 e. The summed E-state index contributed by atoms with van der Waals surface area (Å²) in [6.45, 7) is 2.01. The lowest BCUT2D eigenvalue weighted by atomic mass is 10.1. The zero-order valence-electron chi connectivity index (χ0n) is 15.6. The number of anilines is 1. The van der Waals surface area contributed by atoms with Crippen molar-refractivity contribution in [1.29, 1.82) is 0 Å². The van der Waals surface area contributed by atoms with Crippen molar-refractivity contribution in [3.8, 4) is 17.0 Å². The Bertz CT molecular complexity index is 1080. The van der Waals surface area contributed by atoms with Gasteiger partial charge in [0.1, 0.15) is 5.75 Å². The van der Waals surface area contributed by atoms with Crippen LogP contribution in [0, 0.1) is 6.92 Å². The molecule has 0 atom stereocenters. The average Bonchev–Trinajstić information content (AvgIpc) is 3.29. The molecule has 4 rings (SSSR count). The fourth-order valence-corrected chi connectivity index (χ4v) is 4.71. The number of nitrogens with zero attached hydrogens (tertiary/aromatic N) is 2. The third kappa shape index (κ3) is 4.05. The minimum absolute atomic E-state index is 0.0470. The maximum absolute atomic E-state index is 12.4. The van der Waals surface area contributed by atoms with Crippen molar-refractivity contribution in [1.82, 2.24) is 9.97 Å². The van der Waals surface area contributed by atoms with E-state index >= 15 is 0 Å². The van der Waals surface area contributed by atoms with Crippen LogP contribution >= 0.6 is 22.7 Å². The van der Waals surface area contributed by atoms with Gasteiger partial charge in [0, 0.05) is 23.3 Å². The van der Waals surface area contributed by atoms with Gasteiger partial charge in [-0.3, -0.25) is 4.79 Å². The number of ether oxygens (including phenoxy) is 1. The van der Waals surface area contributed by atoms with Gasteiger partial charge in [0.2, 0.25) is 5.91 Å². The van der Waals surface area contributed by atoms with E-state index in [2.05, 4.69) is 21.4 Å². The minimum Gasteiger partial charge on any atom is -0.497 e. The Morgan fingerprint density at radius 1 is 1.07 bits per heavy atom. The lowest BCUT2D eigenvalue weighted by Gasteiger charge is -2.02. The molecule has 28 heavy (non-hydrogen) atoms. The first-order chi connectivity index (χ1) is 13.6. The highest BCUT2D eigenvalue weighted by molar-refractivity contribution is 7.18. The van der Waals surface area contributed by atoms with Crippen LogP contribution in [-0.2, 0) is 11.2 Å². The van der Waals surface area contributed by atoms with Gasteiger partial charge in [-0.15, -0.1) is 22.7 Å². The summed E-state index contributed by atoms with van der Waals surface area (Å²) < 4.78 is 6.35. The smallest absolute Gasteiger partial charge is 0.226 e. The summed E-state index contributed by atoms with van der Waals surface area (Å²) in [5.74, 6) is 0.759. The van der Waals surface area contributed by atoms with Gasteiger partial charge < -0.3 is 10.1 Å². The van der Waals surface area contributed by atoms with E-state index in [9.17, 15) is 4.79 Å². The second-order valence-corrected chi connectivity index (χ2v) is 8.59. The van der Waals surface area contributed by atoms with Crippen LogP contribution in [0.3, 0.4) is 0 Å². The molecule has 1 N–H and O–H groups in total. The van der Waals surface area contributed by atoms with E-state index in [-0.39, 0.29) is 5.91 Å². The first-order valence-electron chi connectivity index (χ1n) is 8.88. The molecule has 1 amide bonds. The first-order valence-corrected chi connectivity index (χ1v) is 10.5. The van der Waals surface area contributed by atoms with Crippen LogP contribution in [0.25, 0.3) is 21.5 Å². The number of carbonyl (C=O) groups excluding carboxylic acids is 1. The van der Waals surface area contributed by atoms with Gasteiger partial charge in [0.05, 0.1) is 28.0 Å². The summed E-state index contributed by atoms with van der Waals surface area (Å²) in [7, 11) is 1.64. The number of fused-ring (bicyclic) bond motifs is 1. The lowest BCUT2D eigenvalue weighted by Crippen LogP contribution is -2.12. The second-order valence-electron chi connectivity index (χ2n) is 6.28. The summed E-state index contributed by atoms with van der Waals surface area (Å²) in [5.41, 5.74) is 2.88. The topological polar surface area (TPSA) is 64.1 Å². The molecule has 5 nitrogen and oxygen atoms in total. The van der Waals surface area contributed by atoms with Gasteiger partial charge in [-0.25, -0.2) is 9.97 Å². The Balaban J connectivity index is 1.40. The van der Waals surface area contributed by atoms with Crippen LogP contribution in [0.5, 0.6) is 5.75 Å². The molecule has 2 aromatic carbocycles. The summed E-state index contributed by atoms with van der Waals surface area (Å²) in [4.78, 5) is 22.6. The quantitative estimate of drug-likeness (QED) is 0.469. The normalized spacial score (nSPS) is 10.9. The molecule has 0 bridgehead atoms. The number of hydrogen-bond donors (Lipinski definition) is 1. The SMILES string of the molecule is COc1ccc(-c2nc(NC(=O)CCc3nc4ccccc4s3)sc2C)cc1. The highest BCUT2D eigenvalue weighted by atomic mass is 32.1. The molecule has 4 aromatic rings. The van der Waals surface area contributed by atoms with Gasteiger partial charge in [0.25, 0.3) is 0 Å². The fraction of sp³-hybridized carbons (Fsp3) is 0.190. The maximum atomic E-state index is 12.4. The van der Waals surface area contributed by atoms with E-state index in [1.54, 1.807) is 18.4 Å². The molecule has 0 aliphatic heterocycles. The number of hydrogen-bond acceptors (Lipinski definition) is 6. The highest BCUT2D eigenvalue weighted by Crippen LogP contribution is 2.31. The number of rotatable bonds is 6. The van der Waals surface area contributed by atoms with Crippen LogP contribution in [0.1, 0.15) is 16.3 Å². The number of aromatic nitrogens is 2. The molecule has 0 spiro atoms. The van der Waals surface area contributed by atoms with E-state index in [0.29, 0.717) is 18.0 Å². The Morgan fingerprint density at radius 2 is 1.86 bits per heavy atom. The maximum Gasteiger partial charge on any atom is 0.226 e. The van der Waals surface area contributed by atoms with Crippen LogP contribution in [0.2, 0.25) is 0 Å². The van der Waals surface area contributed by atoms with Crippen LogP contribution in [0.15, 0.2) is 48.5 Å². The van der Waals surface area contributed by atoms with Gasteiger partial charge >= 0.3 is 0 Å². The van der Waals surface area contributed by atoms with Crippen LogP contribution < -0.4 is 10.1 Å². The minimum atomic E-state index is -0.0470. The molecule has 0 fully saturated rings. The number of aryl methyl sites for hydroxylation is 2. The molecule has 0 saturated heterocycles. The van der Waals surface area contributed by atoms with Crippen LogP contribution in [0.4, 0.5) is 5.13 Å². The number of thiazole rings is 2. The third-order valence-corrected chi connectivity index (χ3v) is 6.29. The van der Waals surface area contributed by atoms with Crippen molar-refractivity contribution >= 4 is 43.9 Å². The van der Waals surface area contributed by atoms with E-state index in [4.69, 9.17) is 4.74 Å². The van der Waals surface area contributed by atoms with Crippen molar-refractivity contribution in [2.24, 2.45) is 0 Å². The van der Waals surface area contributed by atoms with Crippen molar-refractivity contribution in [3.63, 3.8) is 0 Å². The zero-order valence-corrected chi connectivity index (χ0v) is 17.2. The van der Waals surface area contributed by atoms with Gasteiger partial charge in [-0.1, -0.05) is 12.1 Å². The summed E-state index contributed by atoms with van der Waals surface area (Å²) in [5, 5.41) is 4.52. The molecule has 0 saturated carbocycles. The Labute approximate surface area is 171 Å². The van der Waals surface area contributed by atoms with E-state index in [0.717, 1.165) is 37.1 Å².